The van der Waals surface area contributed by atoms with Gasteiger partial charge in [0.05, 0.1) is 13.2 Å². The molecule has 0 saturated heterocycles. The molecule has 214 valence electrons. The standard InChI is InChI=1S/C16H14O6.C14H21NO3/c17-15(18)13(21-11-7-3-1-4-8-11)14(16(19)20)22-12-9-5-2-6-10-12;1-15(2)9-6-10-18-14(17)13(11-16)12-7-4-3-5-8-12/h1-10,13-14H,(H,17,18)(H,19,20);3-5,7-8,13,16H,6,9-11H2,1-2H3. The zero-order valence-electron chi connectivity index (χ0n) is 22.5. The molecule has 0 amide bonds. The Morgan fingerprint density at radius 2 is 1.15 bits per heavy atom. The SMILES string of the molecule is CN(C)CCCOC(=O)C(CO)c1ccccc1.O=C(O)C(Oc1ccccc1)C(Oc1ccccc1)C(=O)O. The number of aliphatic hydroxyl groups excluding tert-OH is 1. The van der Waals surface area contributed by atoms with Gasteiger partial charge in [-0.25, -0.2) is 9.59 Å². The molecule has 0 spiro atoms. The van der Waals surface area contributed by atoms with Gasteiger partial charge in [0.15, 0.2) is 0 Å². The number of hydrogen-bond donors (Lipinski definition) is 3. The van der Waals surface area contributed by atoms with Gasteiger partial charge >= 0.3 is 17.9 Å². The monoisotopic (exact) mass is 553 g/mol. The lowest BCUT2D eigenvalue weighted by atomic mass is 10.0. The molecule has 3 unspecified atom stereocenters. The summed E-state index contributed by atoms with van der Waals surface area (Å²) >= 11 is 0. The van der Waals surface area contributed by atoms with Crippen molar-refractivity contribution in [3.05, 3.63) is 96.6 Å². The van der Waals surface area contributed by atoms with Gasteiger partial charge in [0.1, 0.15) is 17.4 Å². The van der Waals surface area contributed by atoms with Gasteiger partial charge in [-0.15, -0.1) is 0 Å². The van der Waals surface area contributed by atoms with Crippen molar-refractivity contribution in [1.29, 1.82) is 0 Å². The Hall–Kier alpha value is -4.41. The molecule has 3 aromatic rings. The van der Waals surface area contributed by atoms with E-state index in [2.05, 4.69) is 0 Å². The van der Waals surface area contributed by atoms with Crippen LogP contribution in [0.15, 0.2) is 91.0 Å². The van der Waals surface area contributed by atoms with E-state index in [1.807, 2.05) is 49.3 Å². The molecule has 3 aromatic carbocycles. The zero-order chi connectivity index (χ0) is 29.3. The Morgan fingerprint density at radius 3 is 1.52 bits per heavy atom. The predicted octanol–water partition coefficient (Wildman–Crippen LogP) is 3.31. The number of para-hydroxylation sites is 2. The number of nitrogens with zero attached hydrogens (tertiary/aromatic N) is 1. The van der Waals surface area contributed by atoms with Crippen LogP contribution in [0, 0.1) is 0 Å². The average molecular weight is 554 g/mol. The van der Waals surface area contributed by atoms with Gasteiger partial charge in [-0.05, 0) is 50.3 Å². The fourth-order valence-corrected chi connectivity index (χ4v) is 3.43. The molecule has 0 aliphatic heterocycles. The first-order valence-corrected chi connectivity index (χ1v) is 12.6. The topological polar surface area (TPSA) is 143 Å². The maximum atomic E-state index is 11.8. The van der Waals surface area contributed by atoms with Crippen LogP contribution in [0.1, 0.15) is 17.9 Å². The number of esters is 1. The number of aliphatic hydroxyl groups is 1. The van der Waals surface area contributed by atoms with Gasteiger partial charge in [0.25, 0.3) is 0 Å². The van der Waals surface area contributed by atoms with Crippen LogP contribution in [-0.2, 0) is 19.1 Å². The highest BCUT2D eigenvalue weighted by molar-refractivity contribution is 5.84. The molecule has 0 aliphatic rings. The summed E-state index contributed by atoms with van der Waals surface area (Å²) in [6.45, 7) is 1.04. The maximum Gasteiger partial charge on any atom is 0.349 e. The maximum absolute atomic E-state index is 11.8. The molecule has 3 N–H and O–H groups in total. The van der Waals surface area contributed by atoms with E-state index in [-0.39, 0.29) is 24.1 Å². The second-order valence-corrected chi connectivity index (χ2v) is 8.85. The van der Waals surface area contributed by atoms with Crippen molar-refractivity contribution in [3.63, 3.8) is 0 Å². The van der Waals surface area contributed by atoms with E-state index in [1.54, 1.807) is 36.4 Å². The summed E-state index contributed by atoms with van der Waals surface area (Å²) in [6.07, 6.45) is -2.56. The number of rotatable bonds is 14. The van der Waals surface area contributed by atoms with Crippen molar-refractivity contribution in [2.45, 2.75) is 24.5 Å². The highest BCUT2D eigenvalue weighted by Crippen LogP contribution is 2.19. The molecule has 40 heavy (non-hydrogen) atoms. The Labute approximate surface area is 233 Å². The van der Waals surface area contributed by atoms with E-state index >= 15 is 0 Å². The molecule has 10 heteroatoms. The normalized spacial score (nSPS) is 12.7. The molecule has 3 rings (SSSR count). The van der Waals surface area contributed by atoms with Crippen LogP contribution in [0.4, 0.5) is 0 Å². The minimum Gasteiger partial charge on any atom is -0.478 e. The van der Waals surface area contributed by atoms with Crippen molar-refractivity contribution in [2.75, 3.05) is 33.9 Å². The van der Waals surface area contributed by atoms with Crippen LogP contribution < -0.4 is 9.47 Å². The fraction of sp³-hybridized carbons (Fsp3) is 0.300. The molecule has 0 fully saturated rings. The van der Waals surface area contributed by atoms with E-state index in [4.69, 9.17) is 14.2 Å². The minimum absolute atomic E-state index is 0.226. The van der Waals surface area contributed by atoms with Crippen LogP contribution in [0.25, 0.3) is 0 Å². The predicted molar refractivity (Wildman–Crippen MR) is 147 cm³/mol. The molecular weight excluding hydrogens is 518 g/mol. The average Bonchev–Trinajstić information content (AvgIpc) is 2.95. The largest absolute Gasteiger partial charge is 0.478 e. The number of carbonyl (C=O) groups is 3. The fourth-order valence-electron chi connectivity index (χ4n) is 3.43. The Morgan fingerprint density at radius 1 is 0.725 bits per heavy atom. The number of benzene rings is 3. The number of carbonyl (C=O) groups excluding carboxylic acids is 1. The Bertz CT molecular complexity index is 1100. The van der Waals surface area contributed by atoms with E-state index in [9.17, 15) is 29.7 Å². The van der Waals surface area contributed by atoms with Crippen LogP contribution >= 0.6 is 0 Å². The first kappa shape index (κ1) is 31.8. The van der Waals surface area contributed by atoms with Crippen LogP contribution in [-0.4, -0.2) is 84.2 Å². The van der Waals surface area contributed by atoms with Gasteiger partial charge in [-0.1, -0.05) is 66.7 Å². The van der Waals surface area contributed by atoms with Crippen molar-refractivity contribution in [2.24, 2.45) is 0 Å². The molecule has 0 heterocycles. The lowest BCUT2D eigenvalue weighted by Gasteiger charge is -2.22. The smallest absolute Gasteiger partial charge is 0.349 e. The van der Waals surface area contributed by atoms with Gasteiger partial charge in [-0.3, -0.25) is 4.79 Å². The zero-order valence-corrected chi connectivity index (χ0v) is 22.5. The molecule has 0 radical (unpaired) electrons. The highest BCUT2D eigenvalue weighted by Gasteiger charge is 2.38. The third kappa shape index (κ3) is 11.1. The van der Waals surface area contributed by atoms with Crippen LogP contribution in [0.3, 0.4) is 0 Å². The van der Waals surface area contributed by atoms with E-state index < -0.39 is 30.1 Å². The number of carboxylic acid groups (broad SMARTS) is 2. The Balaban J connectivity index is 0.000000286. The summed E-state index contributed by atoms with van der Waals surface area (Å²) in [4.78, 5) is 36.6. The summed E-state index contributed by atoms with van der Waals surface area (Å²) < 4.78 is 15.7. The van der Waals surface area contributed by atoms with E-state index in [0.29, 0.717) is 6.61 Å². The molecule has 0 aromatic heterocycles. The molecule has 10 nitrogen and oxygen atoms in total. The first-order valence-electron chi connectivity index (χ1n) is 12.6. The highest BCUT2D eigenvalue weighted by atomic mass is 16.6. The number of hydrogen-bond acceptors (Lipinski definition) is 8. The quantitative estimate of drug-likeness (QED) is 0.201. The number of carboxylic acids is 2. The second kappa shape index (κ2) is 17.2. The first-order chi connectivity index (χ1) is 19.2. The molecule has 0 saturated carbocycles. The molecule has 3 atom stereocenters. The lowest BCUT2D eigenvalue weighted by molar-refractivity contribution is -0.161. The summed E-state index contributed by atoms with van der Waals surface area (Å²) in [5, 5.41) is 27.8. The summed E-state index contributed by atoms with van der Waals surface area (Å²) in [5.41, 5.74) is 0.789. The summed E-state index contributed by atoms with van der Waals surface area (Å²) in [7, 11) is 3.95. The molecule has 0 aliphatic carbocycles. The number of aliphatic carboxylic acids is 2. The van der Waals surface area contributed by atoms with E-state index in [0.717, 1.165) is 18.5 Å². The van der Waals surface area contributed by atoms with Gasteiger partial charge in [0.2, 0.25) is 12.2 Å². The Kier molecular flexibility index (Phi) is 13.7. The third-order valence-corrected chi connectivity index (χ3v) is 5.44. The van der Waals surface area contributed by atoms with Crippen LogP contribution in [0.2, 0.25) is 0 Å². The van der Waals surface area contributed by atoms with Gasteiger partial charge < -0.3 is 34.4 Å². The summed E-state index contributed by atoms with van der Waals surface area (Å²) in [5.74, 6) is -3.29. The van der Waals surface area contributed by atoms with Gasteiger partial charge in [0, 0.05) is 6.54 Å². The molecule has 0 bridgehead atoms. The molecular formula is C30H35NO9. The second-order valence-electron chi connectivity index (χ2n) is 8.85. The van der Waals surface area contributed by atoms with Crippen molar-refractivity contribution >= 4 is 17.9 Å². The van der Waals surface area contributed by atoms with Crippen molar-refractivity contribution in [3.8, 4) is 11.5 Å². The minimum atomic E-state index is -1.68. The van der Waals surface area contributed by atoms with Crippen molar-refractivity contribution in [1.82, 2.24) is 4.90 Å². The third-order valence-electron chi connectivity index (χ3n) is 5.44. The van der Waals surface area contributed by atoms with Crippen molar-refractivity contribution < 1.29 is 43.9 Å². The van der Waals surface area contributed by atoms with Gasteiger partial charge in [-0.2, -0.15) is 0 Å². The lowest BCUT2D eigenvalue weighted by Crippen LogP contribution is -2.47. The summed E-state index contributed by atoms with van der Waals surface area (Å²) in [6, 6.07) is 25.5. The van der Waals surface area contributed by atoms with Crippen LogP contribution in [0.5, 0.6) is 11.5 Å². The number of ether oxygens (including phenoxy) is 3. The van der Waals surface area contributed by atoms with E-state index in [1.165, 1.54) is 24.3 Å².